The fourth-order valence-electron chi connectivity index (χ4n) is 3.24. The molecule has 3 aromatic rings. The molecule has 0 bridgehead atoms. The number of aromatic nitrogens is 3. The van der Waals surface area contributed by atoms with Crippen molar-refractivity contribution in [2.24, 2.45) is 0 Å². The van der Waals surface area contributed by atoms with Gasteiger partial charge >= 0.3 is 5.69 Å². The van der Waals surface area contributed by atoms with Gasteiger partial charge in [0.25, 0.3) is 0 Å². The first-order chi connectivity index (χ1) is 12.2. The number of benzene rings is 2. The molecule has 0 saturated carbocycles. The zero-order valence-corrected chi connectivity index (χ0v) is 14.1. The second-order valence-corrected chi connectivity index (χ2v) is 6.37. The van der Waals surface area contributed by atoms with Crippen LogP contribution in [0.5, 0.6) is 0 Å². The SMILES string of the molecule is CC(c1ccccc1)n1ncn(-c2ccc(C3CNNC3)cc2)c1=O. The summed E-state index contributed by atoms with van der Waals surface area (Å²) in [6.07, 6.45) is 1.59. The molecule has 1 unspecified atom stereocenters. The van der Waals surface area contributed by atoms with Gasteiger partial charge in [0.05, 0.1) is 11.7 Å². The minimum Gasteiger partial charge on any atom is -0.257 e. The number of hydrazine groups is 1. The monoisotopic (exact) mass is 335 g/mol. The first kappa shape index (κ1) is 15.8. The summed E-state index contributed by atoms with van der Waals surface area (Å²) in [5.74, 6) is 0.464. The summed E-state index contributed by atoms with van der Waals surface area (Å²) < 4.78 is 3.11. The third kappa shape index (κ3) is 3.01. The highest BCUT2D eigenvalue weighted by Crippen LogP contribution is 2.19. The number of rotatable bonds is 4. The lowest BCUT2D eigenvalue weighted by Crippen LogP contribution is -2.26. The van der Waals surface area contributed by atoms with Crippen LogP contribution in [-0.4, -0.2) is 27.4 Å². The molecule has 0 aliphatic carbocycles. The molecular formula is C19H21N5O. The van der Waals surface area contributed by atoms with Crippen LogP contribution in [-0.2, 0) is 0 Å². The third-order valence-electron chi connectivity index (χ3n) is 4.81. The lowest BCUT2D eigenvalue weighted by Gasteiger charge is -2.11. The van der Waals surface area contributed by atoms with Gasteiger partial charge in [-0.05, 0) is 30.2 Å². The van der Waals surface area contributed by atoms with Gasteiger partial charge < -0.3 is 0 Å². The topological polar surface area (TPSA) is 63.9 Å². The highest BCUT2D eigenvalue weighted by molar-refractivity contribution is 5.36. The lowest BCUT2D eigenvalue weighted by atomic mass is 10.0. The molecule has 128 valence electrons. The average Bonchev–Trinajstić information content (AvgIpc) is 3.32. The van der Waals surface area contributed by atoms with E-state index in [1.54, 1.807) is 10.9 Å². The summed E-state index contributed by atoms with van der Waals surface area (Å²) in [5, 5.41) is 4.32. The maximum Gasteiger partial charge on any atom is 0.350 e. The molecule has 2 aromatic carbocycles. The molecule has 0 radical (unpaired) electrons. The molecule has 1 aliphatic rings. The van der Waals surface area contributed by atoms with E-state index in [4.69, 9.17) is 0 Å². The predicted octanol–water partition coefficient (Wildman–Crippen LogP) is 1.83. The Kier molecular flexibility index (Phi) is 4.21. The van der Waals surface area contributed by atoms with Crippen molar-refractivity contribution in [3.8, 4) is 5.69 Å². The normalized spacial score (nSPS) is 16.2. The highest BCUT2D eigenvalue weighted by Gasteiger charge is 2.17. The molecule has 2 heterocycles. The highest BCUT2D eigenvalue weighted by atomic mass is 16.2. The van der Waals surface area contributed by atoms with Crippen LogP contribution in [0.3, 0.4) is 0 Å². The summed E-state index contributed by atoms with van der Waals surface area (Å²) >= 11 is 0. The van der Waals surface area contributed by atoms with E-state index in [-0.39, 0.29) is 11.7 Å². The van der Waals surface area contributed by atoms with Gasteiger partial charge in [0.15, 0.2) is 0 Å². The van der Waals surface area contributed by atoms with Crippen LogP contribution < -0.4 is 16.5 Å². The second-order valence-electron chi connectivity index (χ2n) is 6.37. The molecule has 2 N–H and O–H groups in total. The maximum atomic E-state index is 12.8. The van der Waals surface area contributed by atoms with Crippen molar-refractivity contribution >= 4 is 0 Å². The molecule has 6 heteroatoms. The molecule has 0 spiro atoms. The van der Waals surface area contributed by atoms with Crippen molar-refractivity contribution in [2.45, 2.75) is 18.9 Å². The van der Waals surface area contributed by atoms with Crippen molar-refractivity contribution in [1.29, 1.82) is 0 Å². The summed E-state index contributed by atoms with van der Waals surface area (Å²) in [6.45, 7) is 3.83. The Bertz CT molecular complexity index is 892. The summed E-state index contributed by atoms with van der Waals surface area (Å²) in [5.41, 5.74) is 9.30. The number of nitrogens with zero attached hydrogens (tertiary/aromatic N) is 3. The number of nitrogens with one attached hydrogen (secondary N) is 2. The quantitative estimate of drug-likeness (QED) is 0.764. The largest absolute Gasteiger partial charge is 0.350 e. The van der Waals surface area contributed by atoms with E-state index >= 15 is 0 Å². The van der Waals surface area contributed by atoms with E-state index in [2.05, 4.69) is 28.1 Å². The van der Waals surface area contributed by atoms with Crippen molar-refractivity contribution in [3.05, 3.63) is 82.5 Å². The number of hydrogen-bond acceptors (Lipinski definition) is 4. The average molecular weight is 335 g/mol. The van der Waals surface area contributed by atoms with E-state index in [1.807, 2.05) is 49.4 Å². The van der Waals surface area contributed by atoms with Gasteiger partial charge in [-0.1, -0.05) is 42.5 Å². The molecule has 4 rings (SSSR count). The Morgan fingerprint density at radius 3 is 2.40 bits per heavy atom. The van der Waals surface area contributed by atoms with Crippen LogP contribution in [0.25, 0.3) is 5.69 Å². The van der Waals surface area contributed by atoms with Crippen molar-refractivity contribution in [3.63, 3.8) is 0 Å². The molecule has 6 nitrogen and oxygen atoms in total. The van der Waals surface area contributed by atoms with E-state index in [1.165, 1.54) is 10.2 Å². The molecule has 1 aromatic heterocycles. The van der Waals surface area contributed by atoms with Crippen molar-refractivity contribution < 1.29 is 0 Å². The van der Waals surface area contributed by atoms with Gasteiger partial charge in [0.1, 0.15) is 6.33 Å². The van der Waals surface area contributed by atoms with Crippen LogP contribution in [0, 0.1) is 0 Å². The molecule has 1 aliphatic heterocycles. The lowest BCUT2D eigenvalue weighted by molar-refractivity contribution is 0.541. The van der Waals surface area contributed by atoms with Crippen molar-refractivity contribution in [2.75, 3.05) is 13.1 Å². The van der Waals surface area contributed by atoms with Gasteiger partial charge in [-0.2, -0.15) is 5.10 Å². The van der Waals surface area contributed by atoms with Gasteiger partial charge in [-0.25, -0.2) is 14.0 Å². The van der Waals surface area contributed by atoms with Crippen molar-refractivity contribution in [1.82, 2.24) is 25.2 Å². The Morgan fingerprint density at radius 1 is 1.04 bits per heavy atom. The Labute approximate surface area is 146 Å². The summed E-state index contributed by atoms with van der Waals surface area (Å²) in [7, 11) is 0. The van der Waals surface area contributed by atoms with Gasteiger partial charge in [0, 0.05) is 19.0 Å². The molecule has 0 amide bonds. The first-order valence-electron chi connectivity index (χ1n) is 8.51. The predicted molar refractivity (Wildman–Crippen MR) is 96.8 cm³/mol. The number of hydrogen-bond donors (Lipinski definition) is 2. The van der Waals surface area contributed by atoms with Gasteiger partial charge in [-0.3, -0.25) is 10.9 Å². The van der Waals surface area contributed by atoms with Gasteiger partial charge in [-0.15, -0.1) is 0 Å². The smallest absolute Gasteiger partial charge is 0.257 e. The third-order valence-corrected chi connectivity index (χ3v) is 4.81. The summed E-state index contributed by atoms with van der Waals surface area (Å²) in [4.78, 5) is 12.8. The molecule has 25 heavy (non-hydrogen) atoms. The Balaban J connectivity index is 1.61. The Morgan fingerprint density at radius 2 is 1.72 bits per heavy atom. The van der Waals surface area contributed by atoms with E-state index in [9.17, 15) is 4.79 Å². The van der Waals surface area contributed by atoms with E-state index in [0.717, 1.165) is 24.3 Å². The fraction of sp³-hybridized carbons (Fsp3) is 0.263. The minimum absolute atomic E-state index is 0.107. The maximum absolute atomic E-state index is 12.8. The zero-order valence-electron chi connectivity index (χ0n) is 14.1. The standard InChI is InChI=1S/C19H21N5O/c1-14(15-5-3-2-4-6-15)24-19(25)23(13-22-24)18-9-7-16(8-10-18)17-11-20-21-12-17/h2-10,13-14,17,20-21H,11-12H2,1H3. The zero-order chi connectivity index (χ0) is 17.2. The Hall–Kier alpha value is -2.70. The van der Waals surface area contributed by atoms with E-state index in [0.29, 0.717) is 5.92 Å². The molecule has 1 fully saturated rings. The second kappa shape index (κ2) is 6.66. The van der Waals surface area contributed by atoms with Crippen LogP contribution in [0.1, 0.15) is 30.0 Å². The fourth-order valence-corrected chi connectivity index (χ4v) is 3.24. The summed E-state index contributed by atoms with van der Waals surface area (Å²) in [6, 6.07) is 17.9. The molecule has 1 atom stereocenters. The van der Waals surface area contributed by atoms with E-state index < -0.39 is 0 Å². The minimum atomic E-state index is -0.131. The molecule has 1 saturated heterocycles. The van der Waals surface area contributed by atoms with Crippen LogP contribution in [0.2, 0.25) is 0 Å². The van der Waals surface area contributed by atoms with Crippen LogP contribution >= 0.6 is 0 Å². The molecular weight excluding hydrogens is 314 g/mol. The van der Waals surface area contributed by atoms with Crippen LogP contribution in [0.4, 0.5) is 0 Å². The first-order valence-corrected chi connectivity index (χ1v) is 8.51. The van der Waals surface area contributed by atoms with Crippen LogP contribution in [0.15, 0.2) is 65.7 Å². The van der Waals surface area contributed by atoms with Gasteiger partial charge in [0.2, 0.25) is 0 Å².